The van der Waals surface area contributed by atoms with E-state index in [-0.39, 0.29) is 11.7 Å². The fourth-order valence-electron chi connectivity index (χ4n) is 1.68. The highest BCUT2D eigenvalue weighted by molar-refractivity contribution is 9.11. The molecule has 5 heteroatoms. The second kappa shape index (κ2) is 5.75. The van der Waals surface area contributed by atoms with Crippen LogP contribution in [0.3, 0.4) is 0 Å². The molecule has 1 aromatic carbocycles. The Morgan fingerprint density at radius 1 is 1.42 bits per heavy atom. The van der Waals surface area contributed by atoms with Gasteiger partial charge in [0, 0.05) is 4.88 Å². The van der Waals surface area contributed by atoms with Crippen LogP contribution in [0.1, 0.15) is 27.7 Å². The second-order valence-corrected chi connectivity index (χ2v) is 6.68. The smallest absolute Gasteiger partial charge is 0.257 e. The van der Waals surface area contributed by atoms with E-state index in [0.29, 0.717) is 11.3 Å². The Bertz CT molecular complexity index is 622. The van der Waals surface area contributed by atoms with E-state index in [9.17, 15) is 9.90 Å². The maximum Gasteiger partial charge on any atom is 0.257 e. The number of nitrogens with one attached hydrogen (secondary N) is 1. The molecular formula is C14H14BrNO2S. The molecule has 2 rings (SSSR count). The Kier molecular flexibility index (Phi) is 4.27. The summed E-state index contributed by atoms with van der Waals surface area (Å²) < 4.78 is 0.813. The largest absolute Gasteiger partial charge is 0.506 e. The van der Waals surface area contributed by atoms with Crippen molar-refractivity contribution in [1.29, 1.82) is 0 Å². The molecule has 0 unspecified atom stereocenters. The number of amides is 1. The van der Waals surface area contributed by atoms with Crippen LogP contribution in [0.4, 0.5) is 5.69 Å². The Hall–Kier alpha value is -1.33. The van der Waals surface area contributed by atoms with Crippen molar-refractivity contribution >= 4 is 38.9 Å². The lowest BCUT2D eigenvalue weighted by atomic mass is 10.2. The zero-order valence-corrected chi connectivity index (χ0v) is 13.1. The minimum Gasteiger partial charge on any atom is -0.506 e. The van der Waals surface area contributed by atoms with Crippen LogP contribution in [0.25, 0.3) is 0 Å². The van der Waals surface area contributed by atoms with E-state index in [1.54, 1.807) is 23.5 Å². The average Bonchev–Trinajstić information content (AvgIpc) is 2.74. The summed E-state index contributed by atoms with van der Waals surface area (Å²) in [6, 6.07) is 7.03. The van der Waals surface area contributed by atoms with Crippen LogP contribution in [0.5, 0.6) is 5.75 Å². The monoisotopic (exact) mass is 339 g/mol. The first-order chi connectivity index (χ1) is 9.01. The van der Waals surface area contributed by atoms with Crippen molar-refractivity contribution in [2.45, 2.75) is 20.3 Å². The lowest BCUT2D eigenvalue weighted by Crippen LogP contribution is -2.11. The van der Waals surface area contributed by atoms with Gasteiger partial charge < -0.3 is 10.4 Å². The SMILES string of the molecule is CCc1cc(C(=O)Nc2ccc(C)cc2O)c(Br)s1. The quantitative estimate of drug-likeness (QED) is 0.817. The minimum absolute atomic E-state index is 0.0791. The average molecular weight is 340 g/mol. The van der Waals surface area contributed by atoms with Crippen LogP contribution in [-0.4, -0.2) is 11.0 Å². The number of hydrogen-bond acceptors (Lipinski definition) is 3. The first-order valence-electron chi connectivity index (χ1n) is 5.90. The summed E-state index contributed by atoms with van der Waals surface area (Å²) in [5.74, 6) is -0.141. The van der Waals surface area contributed by atoms with Crippen LogP contribution in [-0.2, 0) is 6.42 Å². The van der Waals surface area contributed by atoms with E-state index in [1.807, 2.05) is 26.0 Å². The third-order valence-electron chi connectivity index (χ3n) is 2.73. The molecule has 1 aromatic heterocycles. The molecule has 0 radical (unpaired) electrons. The Labute approximate surface area is 124 Å². The lowest BCUT2D eigenvalue weighted by Gasteiger charge is -2.07. The van der Waals surface area contributed by atoms with Crippen LogP contribution < -0.4 is 5.32 Å². The molecule has 0 aliphatic heterocycles. The number of thiophene rings is 1. The van der Waals surface area contributed by atoms with E-state index in [4.69, 9.17) is 0 Å². The Morgan fingerprint density at radius 2 is 2.16 bits per heavy atom. The molecule has 3 nitrogen and oxygen atoms in total. The van der Waals surface area contributed by atoms with Gasteiger partial charge in [-0.05, 0) is 53.0 Å². The second-order valence-electron chi connectivity index (χ2n) is 4.23. The molecule has 0 aliphatic rings. The third kappa shape index (κ3) is 3.16. The van der Waals surface area contributed by atoms with Crippen molar-refractivity contribution in [2.75, 3.05) is 5.32 Å². The molecule has 19 heavy (non-hydrogen) atoms. The molecular weight excluding hydrogens is 326 g/mol. The Morgan fingerprint density at radius 3 is 2.74 bits per heavy atom. The molecule has 0 bridgehead atoms. The molecule has 0 aliphatic carbocycles. The molecule has 100 valence electrons. The molecule has 1 amide bonds. The first-order valence-corrected chi connectivity index (χ1v) is 7.51. The standard InChI is InChI=1S/C14H14BrNO2S/c1-3-9-7-10(13(15)19-9)14(18)16-11-5-4-8(2)6-12(11)17/h4-7,17H,3H2,1-2H3,(H,16,18). The maximum atomic E-state index is 12.2. The molecule has 0 atom stereocenters. The van der Waals surface area contributed by atoms with Crippen molar-refractivity contribution in [3.05, 3.63) is 44.1 Å². The lowest BCUT2D eigenvalue weighted by molar-refractivity contribution is 0.102. The predicted molar refractivity (Wildman–Crippen MR) is 82.2 cm³/mol. The molecule has 0 spiro atoms. The number of phenolic OH excluding ortho intramolecular Hbond substituents is 1. The highest BCUT2D eigenvalue weighted by Gasteiger charge is 2.15. The summed E-state index contributed by atoms with van der Waals surface area (Å²) in [6.45, 7) is 3.93. The summed E-state index contributed by atoms with van der Waals surface area (Å²) >= 11 is 4.95. The zero-order chi connectivity index (χ0) is 14.0. The van der Waals surface area contributed by atoms with Gasteiger partial charge in [0.2, 0.25) is 0 Å². The predicted octanol–water partition coefficient (Wildman–Crippen LogP) is 4.34. The summed E-state index contributed by atoms with van der Waals surface area (Å²) in [6.07, 6.45) is 0.895. The molecule has 2 N–H and O–H groups in total. The number of rotatable bonds is 3. The number of carbonyl (C=O) groups excluding carboxylic acids is 1. The summed E-state index contributed by atoms with van der Waals surface area (Å²) in [5.41, 5.74) is 1.97. The van der Waals surface area contributed by atoms with Gasteiger partial charge in [0.25, 0.3) is 5.91 Å². The van der Waals surface area contributed by atoms with Gasteiger partial charge in [0.15, 0.2) is 0 Å². The van der Waals surface area contributed by atoms with Gasteiger partial charge in [0.1, 0.15) is 5.75 Å². The van der Waals surface area contributed by atoms with Gasteiger partial charge in [0.05, 0.1) is 15.0 Å². The first kappa shape index (κ1) is 14.1. The van der Waals surface area contributed by atoms with Gasteiger partial charge in [-0.3, -0.25) is 4.79 Å². The number of carbonyl (C=O) groups is 1. The van der Waals surface area contributed by atoms with E-state index in [0.717, 1.165) is 20.6 Å². The van der Waals surface area contributed by atoms with Gasteiger partial charge in [-0.25, -0.2) is 0 Å². The van der Waals surface area contributed by atoms with Crippen molar-refractivity contribution in [3.63, 3.8) is 0 Å². The number of hydrogen-bond donors (Lipinski definition) is 2. The topological polar surface area (TPSA) is 49.3 Å². The number of anilines is 1. The van der Waals surface area contributed by atoms with Crippen LogP contribution >= 0.6 is 27.3 Å². The van der Waals surface area contributed by atoms with E-state index >= 15 is 0 Å². The molecule has 1 heterocycles. The zero-order valence-electron chi connectivity index (χ0n) is 10.7. The normalized spacial score (nSPS) is 10.5. The van der Waals surface area contributed by atoms with Crippen molar-refractivity contribution in [3.8, 4) is 5.75 Å². The van der Waals surface area contributed by atoms with Crippen molar-refractivity contribution in [2.24, 2.45) is 0 Å². The molecule has 0 fully saturated rings. The van der Waals surface area contributed by atoms with Gasteiger partial charge >= 0.3 is 0 Å². The van der Waals surface area contributed by atoms with Crippen molar-refractivity contribution < 1.29 is 9.90 Å². The number of aromatic hydroxyl groups is 1. The van der Waals surface area contributed by atoms with E-state index in [1.165, 1.54) is 0 Å². The van der Waals surface area contributed by atoms with Gasteiger partial charge in [-0.2, -0.15) is 0 Å². The fraction of sp³-hybridized carbons (Fsp3) is 0.214. The van der Waals surface area contributed by atoms with Crippen LogP contribution in [0.15, 0.2) is 28.1 Å². The number of phenols is 1. The van der Waals surface area contributed by atoms with E-state index < -0.39 is 0 Å². The van der Waals surface area contributed by atoms with Crippen LogP contribution in [0, 0.1) is 6.92 Å². The maximum absolute atomic E-state index is 12.2. The highest BCUT2D eigenvalue weighted by Crippen LogP contribution is 2.30. The Balaban J connectivity index is 2.23. The molecule has 2 aromatic rings. The summed E-state index contributed by atoms with van der Waals surface area (Å²) in [5, 5.41) is 12.5. The number of halogens is 1. The molecule has 0 saturated heterocycles. The van der Waals surface area contributed by atoms with Gasteiger partial charge in [-0.1, -0.05) is 13.0 Å². The van der Waals surface area contributed by atoms with E-state index in [2.05, 4.69) is 21.2 Å². The van der Waals surface area contributed by atoms with Crippen LogP contribution in [0.2, 0.25) is 0 Å². The fourth-order valence-corrected chi connectivity index (χ4v) is 3.41. The minimum atomic E-state index is -0.220. The summed E-state index contributed by atoms with van der Waals surface area (Å²) in [4.78, 5) is 13.3. The van der Waals surface area contributed by atoms with Crippen molar-refractivity contribution in [1.82, 2.24) is 0 Å². The third-order valence-corrected chi connectivity index (χ3v) is 4.71. The number of aryl methyl sites for hydroxylation is 2. The highest BCUT2D eigenvalue weighted by atomic mass is 79.9. The van der Waals surface area contributed by atoms with Gasteiger partial charge in [-0.15, -0.1) is 11.3 Å². The summed E-state index contributed by atoms with van der Waals surface area (Å²) in [7, 11) is 0. The molecule has 0 saturated carbocycles. The number of benzene rings is 1.